The maximum atomic E-state index is 5.47. The van der Waals surface area contributed by atoms with E-state index in [1.54, 1.807) is 21.3 Å². The minimum absolute atomic E-state index is 0. The summed E-state index contributed by atoms with van der Waals surface area (Å²) in [6.07, 6.45) is 0. The van der Waals surface area contributed by atoms with Crippen molar-refractivity contribution in [3.05, 3.63) is 17.7 Å². The van der Waals surface area contributed by atoms with Gasteiger partial charge in [-0.05, 0) is 0 Å². The van der Waals surface area contributed by atoms with Crippen LogP contribution in [0.3, 0.4) is 0 Å². The van der Waals surface area contributed by atoms with E-state index < -0.39 is 0 Å². The number of hydrogen-bond acceptors (Lipinski definition) is 5. The molecular weight excluding hydrogens is 280 g/mol. The smallest absolute Gasteiger partial charge is 0.130 e. The van der Waals surface area contributed by atoms with E-state index in [0.717, 1.165) is 55.5 Å². The lowest BCUT2D eigenvalue weighted by atomic mass is 10.1. The standard InChI is InChI=1S/C14H22N2O3.ClH/c1-17-11-8-13(18-2)12(14(9-11)19-3)10-16-6-4-15-5-7-16;/h8-9,15H,4-7,10H2,1-3H3;1H. The molecule has 114 valence electrons. The number of benzene rings is 1. The van der Waals surface area contributed by atoms with Crippen LogP contribution in [0.5, 0.6) is 17.2 Å². The van der Waals surface area contributed by atoms with Crippen LogP contribution in [0.15, 0.2) is 12.1 Å². The Hall–Kier alpha value is -1.17. The van der Waals surface area contributed by atoms with Crippen LogP contribution in [-0.2, 0) is 6.54 Å². The Labute approximate surface area is 126 Å². The summed E-state index contributed by atoms with van der Waals surface area (Å²) in [5, 5.41) is 3.35. The van der Waals surface area contributed by atoms with E-state index in [4.69, 9.17) is 14.2 Å². The van der Waals surface area contributed by atoms with Crippen LogP contribution in [-0.4, -0.2) is 52.4 Å². The number of piperazine rings is 1. The Morgan fingerprint density at radius 1 is 1.00 bits per heavy atom. The first kappa shape index (κ1) is 16.9. The molecule has 1 aliphatic heterocycles. The van der Waals surface area contributed by atoms with E-state index in [1.165, 1.54) is 0 Å². The van der Waals surface area contributed by atoms with Crippen molar-refractivity contribution in [1.29, 1.82) is 0 Å². The molecule has 0 aliphatic carbocycles. The third-order valence-corrected chi connectivity index (χ3v) is 3.41. The minimum atomic E-state index is 0. The Morgan fingerprint density at radius 2 is 1.55 bits per heavy atom. The van der Waals surface area contributed by atoms with Crippen LogP contribution in [0.2, 0.25) is 0 Å². The predicted octanol–water partition coefficient (Wildman–Crippen LogP) is 1.54. The Morgan fingerprint density at radius 3 is 2.00 bits per heavy atom. The van der Waals surface area contributed by atoms with Crippen LogP contribution in [0.4, 0.5) is 0 Å². The molecule has 0 aromatic heterocycles. The summed E-state index contributed by atoms with van der Waals surface area (Å²) in [6.45, 7) is 4.97. The number of methoxy groups -OCH3 is 3. The van der Waals surface area contributed by atoms with E-state index in [1.807, 2.05) is 12.1 Å². The highest BCUT2D eigenvalue weighted by atomic mass is 35.5. The van der Waals surface area contributed by atoms with Gasteiger partial charge in [-0.3, -0.25) is 4.90 Å². The summed E-state index contributed by atoms with van der Waals surface area (Å²) in [5.41, 5.74) is 1.08. The molecule has 1 saturated heterocycles. The van der Waals surface area contributed by atoms with E-state index >= 15 is 0 Å². The SMILES string of the molecule is COc1cc(OC)c(CN2CCNCC2)c(OC)c1.Cl. The maximum absolute atomic E-state index is 5.47. The molecule has 1 fully saturated rings. The number of hydrogen-bond donors (Lipinski definition) is 1. The molecule has 5 nitrogen and oxygen atoms in total. The monoisotopic (exact) mass is 302 g/mol. The van der Waals surface area contributed by atoms with E-state index in [9.17, 15) is 0 Å². The van der Waals surface area contributed by atoms with Crippen LogP contribution in [0.25, 0.3) is 0 Å². The lowest BCUT2D eigenvalue weighted by molar-refractivity contribution is 0.226. The molecule has 1 heterocycles. The second-order valence-corrected chi connectivity index (χ2v) is 4.54. The van der Waals surface area contributed by atoms with Gasteiger partial charge in [-0.25, -0.2) is 0 Å². The lowest BCUT2D eigenvalue weighted by Gasteiger charge is -2.28. The largest absolute Gasteiger partial charge is 0.496 e. The van der Waals surface area contributed by atoms with Crippen molar-refractivity contribution in [2.24, 2.45) is 0 Å². The summed E-state index contributed by atoms with van der Waals surface area (Å²) in [7, 11) is 5.00. The van der Waals surface area contributed by atoms with Gasteiger partial charge < -0.3 is 19.5 Å². The van der Waals surface area contributed by atoms with E-state index in [2.05, 4.69) is 10.2 Å². The number of nitrogens with zero attached hydrogens (tertiary/aromatic N) is 1. The van der Waals surface area contributed by atoms with Gasteiger partial charge in [0, 0.05) is 44.9 Å². The molecule has 1 aliphatic rings. The van der Waals surface area contributed by atoms with Gasteiger partial charge in [0.2, 0.25) is 0 Å². The second-order valence-electron chi connectivity index (χ2n) is 4.54. The average Bonchev–Trinajstić information content (AvgIpc) is 2.48. The summed E-state index contributed by atoms with van der Waals surface area (Å²) in [4.78, 5) is 2.39. The highest BCUT2D eigenvalue weighted by Crippen LogP contribution is 2.34. The fourth-order valence-corrected chi connectivity index (χ4v) is 2.33. The molecule has 1 aromatic rings. The fourth-order valence-electron chi connectivity index (χ4n) is 2.33. The average molecular weight is 303 g/mol. The fraction of sp³-hybridized carbons (Fsp3) is 0.571. The maximum Gasteiger partial charge on any atom is 0.130 e. The van der Waals surface area contributed by atoms with Crippen LogP contribution < -0.4 is 19.5 Å². The Balaban J connectivity index is 0.00000200. The highest BCUT2D eigenvalue weighted by Gasteiger charge is 2.17. The third-order valence-electron chi connectivity index (χ3n) is 3.41. The number of halogens is 1. The zero-order chi connectivity index (χ0) is 13.7. The van der Waals surface area contributed by atoms with E-state index in [-0.39, 0.29) is 12.4 Å². The topological polar surface area (TPSA) is 43.0 Å². The van der Waals surface area contributed by atoms with Crippen LogP contribution >= 0.6 is 12.4 Å². The number of rotatable bonds is 5. The number of nitrogens with one attached hydrogen (secondary N) is 1. The van der Waals surface area contributed by atoms with Gasteiger partial charge in [0.1, 0.15) is 17.2 Å². The predicted molar refractivity (Wildman–Crippen MR) is 81.5 cm³/mol. The van der Waals surface area contributed by atoms with Crippen molar-refractivity contribution < 1.29 is 14.2 Å². The molecule has 1 N–H and O–H groups in total. The normalized spacial score (nSPS) is 15.3. The van der Waals surface area contributed by atoms with Gasteiger partial charge in [0.25, 0.3) is 0 Å². The van der Waals surface area contributed by atoms with Crippen LogP contribution in [0.1, 0.15) is 5.56 Å². The molecule has 0 unspecified atom stereocenters. The van der Waals surface area contributed by atoms with Gasteiger partial charge in [-0.1, -0.05) is 0 Å². The van der Waals surface area contributed by atoms with Gasteiger partial charge in [0.15, 0.2) is 0 Å². The first-order valence-electron chi connectivity index (χ1n) is 6.50. The van der Waals surface area contributed by atoms with Crippen LogP contribution in [0, 0.1) is 0 Å². The molecule has 0 amide bonds. The lowest BCUT2D eigenvalue weighted by Crippen LogP contribution is -2.43. The quantitative estimate of drug-likeness (QED) is 0.894. The molecular formula is C14H23ClN2O3. The zero-order valence-corrected chi connectivity index (χ0v) is 13.1. The molecule has 0 radical (unpaired) electrons. The van der Waals surface area contributed by atoms with Gasteiger partial charge >= 0.3 is 0 Å². The molecule has 0 atom stereocenters. The second kappa shape index (κ2) is 8.19. The molecule has 20 heavy (non-hydrogen) atoms. The third kappa shape index (κ3) is 3.91. The van der Waals surface area contributed by atoms with Crippen molar-refractivity contribution >= 4 is 12.4 Å². The van der Waals surface area contributed by atoms with Gasteiger partial charge in [0.05, 0.1) is 26.9 Å². The molecule has 0 spiro atoms. The summed E-state index contributed by atoms with van der Waals surface area (Å²) in [5.74, 6) is 2.38. The molecule has 1 aromatic carbocycles. The van der Waals surface area contributed by atoms with Crippen molar-refractivity contribution in [2.45, 2.75) is 6.54 Å². The molecule has 2 rings (SSSR count). The van der Waals surface area contributed by atoms with Gasteiger partial charge in [-0.15, -0.1) is 12.4 Å². The van der Waals surface area contributed by atoms with Gasteiger partial charge in [-0.2, -0.15) is 0 Å². The summed E-state index contributed by atoms with van der Waals surface area (Å²) >= 11 is 0. The number of ether oxygens (including phenoxy) is 3. The van der Waals surface area contributed by atoms with E-state index in [0.29, 0.717) is 0 Å². The summed E-state index contributed by atoms with van der Waals surface area (Å²) < 4.78 is 16.2. The molecule has 6 heteroatoms. The van der Waals surface area contributed by atoms with Crippen molar-refractivity contribution in [3.63, 3.8) is 0 Å². The molecule has 0 saturated carbocycles. The molecule has 0 bridgehead atoms. The first-order chi connectivity index (χ1) is 9.28. The Kier molecular flexibility index (Phi) is 6.91. The van der Waals surface area contributed by atoms with Crippen molar-refractivity contribution in [3.8, 4) is 17.2 Å². The highest BCUT2D eigenvalue weighted by molar-refractivity contribution is 5.85. The Bertz CT molecular complexity index is 398. The zero-order valence-electron chi connectivity index (χ0n) is 12.3. The first-order valence-corrected chi connectivity index (χ1v) is 6.50. The minimum Gasteiger partial charge on any atom is -0.496 e. The van der Waals surface area contributed by atoms with Crippen molar-refractivity contribution in [1.82, 2.24) is 10.2 Å². The summed E-state index contributed by atoms with van der Waals surface area (Å²) in [6, 6.07) is 3.81. The van der Waals surface area contributed by atoms with Crippen molar-refractivity contribution in [2.75, 3.05) is 47.5 Å².